The van der Waals surface area contributed by atoms with Crippen LogP contribution in [0.5, 0.6) is 0 Å². The SMILES string of the molecule is C#CCn1c(=NC(=O)CSCC(=O)NC2CCCCC2)sc2ccccc21. The molecule has 142 valence electrons. The van der Waals surface area contributed by atoms with E-state index in [0.29, 0.717) is 17.4 Å². The molecule has 1 aromatic carbocycles. The summed E-state index contributed by atoms with van der Waals surface area (Å²) in [4.78, 5) is 29.1. The Morgan fingerprint density at radius 3 is 2.81 bits per heavy atom. The summed E-state index contributed by atoms with van der Waals surface area (Å²) >= 11 is 2.75. The zero-order chi connectivity index (χ0) is 19.1. The Balaban J connectivity index is 1.57. The third kappa shape index (κ3) is 5.47. The number of nitrogens with one attached hydrogen (secondary N) is 1. The first-order valence-electron chi connectivity index (χ1n) is 9.14. The Morgan fingerprint density at radius 1 is 1.26 bits per heavy atom. The minimum absolute atomic E-state index is 0.00366. The molecule has 3 rings (SSSR count). The fraction of sp³-hybridized carbons (Fsp3) is 0.450. The Labute approximate surface area is 167 Å². The van der Waals surface area contributed by atoms with Crippen LogP contribution in [0.3, 0.4) is 0 Å². The molecule has 0 aliphatic heterocycles. The van der Waals surface area contributed by atoms with E-state index in [1.165, 1.54) is 42.4 Å². The second kappa shape index (κ2) is 9.77. The van der Waals surface area contributed by atoms with Crippen molar-refractivity contribution in [1.82, 2.24) is 9.88 Å². The molecular weight excluding hydrogens is 378 g/mol. The van der Waals surface area contributed by atoms with E-state index in [-0.39, 0.29) is 23.3 Å². The average Bonchev–Trinajstić information content (AvgIpc) is 3.00. The molecule has 1 fully saturated rings. The second-order valence-electron chi connectivity index (χ2n) is 6.54. The molecule has 27 heavy (non-hydrogen) atoms. The third-order valence-electron chi connectivity index (χ3n) is 4.49. The number of fused-ring (bicyclic) bond motifs is 1. The van der Waals surface area contributed by atoms with Gasteiger partial charge in [-0.3, -0.25) is 9.59 Å². The quantitative estimate of drug-likeness (QED) is 0.757. The van der Waals surface area contributed by atoms with Crippen LogP contribution in [0.1, 0.15) is 32.1 Å². The number of amides is 2. The molecule has 0 spiro atoms. The van der Waals surface area contributed by atoms with Crippen LogP contribution in [0.2, 0.25) is 0 Å². The van der Waals surface area contributed by atoms with Crippen LogP contribution in [-0.4, -0.2) is 33.9 Å². The molecule has 1 aliphatic carbocycles. The summed E-state index contributed by atoms with van der Waals surface area (Å²) in [6.45, 7) is 0.368. The summed E-state index contributed by atoms with van der Waals surface area (Å²) in [5.41, 5.74) is 0.978. The molecule has 1 heterocycles. The maximum Gasteiger partial charge on any atom is 0.258 e. The third-order valence-corrected chi connectivity index (χ3v) is 6.46. The van der Waals surface area contributed by atoms with Gasteiger partial charge in [0.1, 0.15) is 0 Å². The second-order valence-corrected chi connectivity index (χ2v) is 8.54. The minimum atomic E-state index is -0.247. The van der Waals surface area contributed by atoms with Gasteiger partial charge in [-0.2, -0.15) is 4.99 Å². The number of rotatable bonds is 6. The van der Waals surface area contributed by atoms with Gasteiger partial charge in [0, 0.05) is 6.04 Å². The molecule has 7 heteroatoms. The number of thiazole rings is 1. The van der Waals surface area contributed by atoms with Crippen LogP contribution in [0.4, 0.5) is 0 Å². The molecule has 0 atom stereocenters. The van der Waals surface area contributed by atoms with Crippen molar-refractivity contribution in [2.24, 2.45) is 4.99 Å². The van der Waals surface area contributed by atoms with Crippen LogP contribution in [-0.2, 0) is 16.1 Å². The summed E-state index contributed by atoms with van der Waals surface area (Å²) in [5.74, 6) is 2.84. The van der Waals surface area contributed by atoms with Gasteiger partial charge in [-0.05, 0) is 25.0 Å². The molecule has 0 unspecified atom stereocenters. The first-order chi connectivity index (χ1) is 13.2. The van der Waals surface area contributed by atoms with Crippen LogP contribution >= 0.6 is 23.1 Å². The summed E-state index contributed by atoms with van der Waals surface area (Å²) < 4.78 is 2.91. The van der Waals surface area contributed by atoms with Crippen LogP contribution in [0.25, 0.3) is 10.2 Å². The Hall–Kier alpha value is -2.04. The number of thioether (sulfide) groups is 1. The Bertz CT molecular complexity index is 917. The lowest BCUT2D eigenvalue weighted by molar-refractivity contribution is -0.119. The molecule has 2 aromatic rings. The monoisotopic (exact) mass is 401 g/mol. The highest BCUT2D eigenvalue weighted by molar-refractivity contribution is 8.00. The number of nitrogens with zero attached hydrogens (tertiary/aromatic N) is 2. The Morgan fingerprint density at radius 2 is 2.04 bits per heavy atom. The fourth-order valence-electron chi connectivity index (χ4n) is 3.24. The zero-order valence-corrected chi connectivity index (χ0v) is 16.8. The molecule has 1 N–H and O–H groups in total. The molecule has 5 nitrogen and oxygen atoms in total. The van der Waals surface area contributed by atoms with Crippen molar-refractivity contribution >= 4 is 45.1 Å². The molecule has 1 saturated carbocycles. The van der Waals surface area contributed by atoms with Crippen LogP contribution < -0.4 is 10.1 Å². The average molecular weight is 402 g/mol. The minimum Gasteiger partial charge on any atom is -0.353 e. The number of hydrogen-bond donors (Lipinski definition) is 1. The van der Waals surface area contributed by atoms with E-state index < -0.39 is 0 Å². The normalized spacial score (nSPS) is 15.6. The van der Waals surface area contributed by atoms with Crippen molar-refractivity contribution < 1.29 is 9.59 Å². The molecule has 1 aliphatic rings. The maximum absolute atomic E-state index is 12.2. The number of terminal acetylenes is 1. The van der Waals surface area contributed by atoms with Crippen molar-refractivity contribution in [1.29, 1.82) is 0 Å². The van der Waals surface area contributed by atoms with Gasteiger partial charge in [-0.25, -0.2) is 0 Å². The van der Waals surface area contributed by atoms with Crippen LogP contribution in [0, 0.1) is 12.3 Å². The predicted molar refractivity (Wildman–Crippen MR) is 112 cm³/mol. The van der Waals surface area contributed by atoms with Crippen molar-refractivity contribution in [3.8, 4) is 12.3 Å². The number of aromatic nitrogens is 1. The highest BCUT2D eigenvalue weighted by Gasteiger charge is 2.15. The Kier molecular flexibility index (Phi) is 7.13. The van der Waals surface area contributed by atoms with Gasteiger partial charge >= 0.3 is 0 Å². The van der Waals surface area contributed by atoms with Crippen molar-refractivity contribution in [2.45, 2.75) is 44.7 Å². The summed E-state index contributed by atoms with van der Waals surface area (Å²) in [6, 6.07) is 8.14. The van der Waals surface area contributed by atoms with Gasteiger partial charge in [0.25, 0.3) is 5.91 Å². The van der Waals surface area contributed by atoms with E-state index in [4.69, 9.17) is 6.42 Å². The van der Waals surface area contributed by atoms with E-state index in [1.54, 1.807) is 0 Å². The van der Waals surface area contributed by atoms with Crippen LogP contribution in [0.15, 0.2) is 29.3 Å². The van der Waals surface area contributed by atoms with Gasteiger partial charge < -0.3 is 9.88 Å². The van der Waals surface area contributed by atoms with Gasteiger partial charge in [-0.15, -0.1) is 18.2 Å². The number of benzene rings is 1. The smallest absolute Gasteiger partial charge is 0.258 e. The number of carbonyl (C=O) groups is 2. The fourth-order valence-corrected chi connectivity index (χ4v) is 4.89. The topological polar surface area (TPSA) is 63.5 Å². The standard InChI is InChI=1S/C20H23N3O2S2/c1-2-12-23-16-10-6-7-11-17(16)27-20(23)22-19(25)14-26-13-18(24)21-15-8-4-3-5-9-15/h1,6-7,10-11,15H,3-5,8-9,12-14H2,(H,21,24). The number of hydrogen-bond acceptors (Lipinski definition) is 4. The molecule has 0 saturated heterocycles. The lowest BCUT2D eigenvalue weighted by Crippen LogP contribution is -2.37. The van der Waals surface area contributed by atoms with Gasteiger partial charge in [0.05, 0.1) is 28.3 Å². The summed E-state index contributed by atoms with van der Waals surface area (Å²) in [5, 5.41) is 3.06. The zero-order valence-electron chi connectivity index (χ0n) is 15.1. The largest absolute Gasteiger partial charge is 0.353 e. The van der Waals surface area contributed by atoms with E-state index in [2.05, 4.69) is 16.2 Å². The van der Waals surface area contributed by atoms with Gasteiger partial charge in [0.2, 0.25) is 5.91 Å². The predicted octanol–water partition coefficient (Wildman–Crippen LogP) is 2.95. The lowest BCUT2D eigenvalue weighted by Gasteiger charge is -2.22. The van der Waals surface area contributed by atoms with Crippen molar-refractivity contribution in [2.75, 3.05) is 11.5 Å². The molecular formula is C20H23N3O2S2. The molecule has 0 bridgehead atoms. The summed E-state index contributed by atoms with van der Waals surface area (Å²) in [6.07, 6.45) is 11.2. The summed E-state index contributed by atoms with van der Waals surface area (Å²) in [7, 11) is 0. The van der Waals surface area contributed by atoms with E-state index in [9.17, 15) is 9.59 Å². The van der Waals surface area contributed by atoms with Gasteiger partial charge in [0.15, 0.2) is 4.80 Å². The molecule has 2 amide bonds. The van der Waals surface area contributed by atoms with E-state index in [1.807, 2.05) is 28.8 Å². The first-order valence-corrected chi connectivity index (χ1v) is 11.1. The lowest BCUT2D eigenvalue weighted by atomic mass is 9.95. The maximum atomic E-state index is 12.2. The highest BCUT2D eigenvalue weighted by atomic mass is 32.2. The first kappa shape index (κ1) is 19.7. The highest BCUT2D eigenvalue weighted by Crippen LogP contribution is 2.18. The van der Waals surface area contributed by atoms with Gasteiger partial charge in [-0.1, -0.05) is 48.7 Å². The van der Waals surface area contributed by atoms with E-state index >= 15 is 0 Å². The number of carbonyl (C=O) groups excluding carboxylic acids is 2. The van der Waals surface area contributed by atoms with Crippen molar-refractivity contribution in [3.05, 3.63) is 29.1 Å². The van der Waals surface area contributed by atoms with Crippen molar-refractivity contribution in [3.63, 3.8) is 0 Å². The number of para-hydroxylation sites is 1. The molecule has 0 radical (unpaired) electrons. The molecule has 1 aromatic heterocycles. The van der Waals surface area contributed by atoms with E-state index in [0.717, 1.165) is 23.1 Å².